The second kappa shape index (κ2) is 10.4. The van der Waals surface area contributed by atoms with Gasteiger partial charge in [0.2, 0.25) is 11.8 Å². The SMILES string of the molecule is Cc1ccnc(NCCNC(=O)C[C@H]2C(=O)NCCN2CC2CCCCC2)c1. The van der Waals surface area contributed by atoms with Crippen molar-refractivity contribution in [3.05, 3.63) is 23.9 Å². The van der Waals surface area contributed by atoms with E-state index < -0.39 is 0 Å². The number of hydrogen-bond donors (Lipinski definition) is 3. The van der Waals surface area contributed by atoms with Crippen molar-refractivity contribution in [1.82, 2.24) is 20.5 Å². The highest BCUT2D eigenvalue weighted by Crippen LogP contribution is 2.25. The van der Waals surface area contributed by atoms with Crippen LogP contribution < -0.4 is 16.0 Å². The number of pyridine rings is 1. The molecule has 0 bridgehead atoms. The number of nitrogens with one attached hydrogen (secondary N) is 3. The van der Waals surface area contributed by atoms with Crippen molar-refractivity contribution in [3.63, 3.8) is 0 Å². The summed E-state index contributed by atoms with van der Waals surface area (Å²) in [5.41, 5.74) is 1.14. The lowest BCUT2D eigenvalue weighted by Gasteiger charge is -2.37. The summed E-state index contributed by atoms with van der Waals surface area (Å²) in [6.07, 6.45) is 8.39. The number of aromatic nitrogens is 1. The predicted molar refractivity (Wildman–Crippen MR) is 110 cm³/mol. The van der Waals surface area contributed by atoms with Crippen molar-refractivity contribution in [2.24, 2.45) is 5.92 Å². The highest BCUT2D eigenvalue weighted by Gasteiger charge is 2.33. The molecular weight excluding hydrogens is 354 g/mol. The summed E-state index contributed by atoms with van der Waals surface area (Å²) in [4.78, 5) is 31.2. The van der Waals surface area contributed by atoms with E-state index in [1.807, 2.05) is 19.1 Å². The van der Waals surface area contributed by atoms with Crippen molar-refractivity contribution in [1.29, 1.82) is 0 Å². The van der Waals surface area contributed by atoms with Crippen molar-refractivity contribution in [2.45, 2.75) is 51.5 Å². The smallest absolute Gasteiger partial charge is 0.237 e. The van der Waals surface area contributed by atoms with Gasteiger partial charge in [-0.05, 0) is 43.4 Å². The van der Waals surface area contributed by atoms with Gasteiger partial charge in [-0.3, -0.25) is 14.5 Å². The van der Waals surface area contributed by atoms with E-state index in [1.165, 1.54) is 32.1 Å². The Bertz CT molecular complexity index is 660. The van der Waals surface area contributed by atoms with Gasteiger partial charge in [-0.15, -0.1) is 0 Å². The number of piperazine rings is 1. The summed E-state index contributed by atoms with van der Waals surface area (Å²) in [7, 11) is 0. The van der Waals surface area contributed by atoms with Crippen LogP contribution in [-0.4, -0.2) is 60.5 Å². The summed E-state index contributed by atoms with van der Waals surface area (Å²) in [6, 6.07) is 3.57. The molecule has 3 rings (SSSR count). The molecule has 2 aliphatic rings. The molecule has 154 valence electrons. The second-order valence-corrected chi connectivity index (χ2v) is 8.01. The Balaban J connectivity index is 1.42. The Labute approximate surface area is 167 Å². The first kappa shape index (κ1) is 20.6. The molecule has 1 aliphatic heterocycles. The average molecular weight is 388 g/mol. The van der Waals surface area contributed by atoms with Crippen LogP contribution >= 0.6 is 0 Å². The van der Waals surface area contributed by atoms with Gasteiger partial charge < -0.3 is 16.0 Å². The second-order valence-electron chi connectivity index (χ2n) is 8.01. The van der Waals surface area contributed by atoms with Crippen molar-refractivity contribution in [2.75, 3.05) is 38.0 Å². The van der Waals surface area contributed by atoms with E-state index >= 15 is 0 Å². The van der Waals surface area contributed by atoms with Gasteiger partial charge in [-0.2, -0.15) is 0 Å². The maximum absolute atomic E-state index is 12.4. The van der Waals surface area contributed by atoms with Crippen LogP contribution in [0, 0.1) is 12.8 Å². The molecule has 0 spiro atoms. The number of carbonyl (C=O) groups is 2. The third kappa shape index (κ3) is 6.19. The zero-order valence-corrected chi connectivity index (χ0v) is 16.9. The Morgan fingerprint density at radius 3 is 2.89 bits per heavy atom. The summed E-state index contributed by atoms with van der Waals surface area (Å²) in [5, 5.41) is 9.04. The van der Waals surface area contributed by atoms with Gasteiger partial charge >= 0.3 is 0 Å². The van der Waals surface area contributed by atoms with Crippen molar-refractivity contribution < 1.29 is 9.59 Å². The van der Waals surface area contributed by atoms with Crippen molar-refractivity contribution >= 4 is 17.6 Å². The molecule has 1 aliphatic carbocycles. The van der Waals surface area contributed by atoms with Gasteiger partial charge in [0.25, 0.3) is 0 Å². The Kier molecular flexibility index (Phi) is 7.65. The quantitative estimate of drug-likeness (QED) is 0.591. The molecule has 0 unspecified atom stereocenters. The highest BCUT2D eigenvalue weighted by molar-refractivity contribution is 5.88. The zero-order chi connectivity index (χ0) is 19.8. The minimum Gasteiger partial charge on any atom is -0.368 e. The molecule has 7 nitrogen and oxygen atoms in total. The fraction of sp³-hybridized carbons (Fsp3) is 0.667. The third-order valence-electron chi connectivity index (χ3n) is 5.71. The third-order valence-corrected chi connectivity index (χ3v) is 5.71. The van der Waals surface area contributed by atoms with Gasteiger partial charge in [-0.1, -0.05) is 19.3 Å². The van der Waals surface area contributed by atoms with Gasteiger partial charge in [-0.25, -0.2) is 4.98 Å². The molecule has 3 N–H and O–H groups in total. The van der Waals surface area contributed by atoms with E-state index in [4.69, 9.17) is 0 Å². The molecule has 1 atom stereocenters. The van der Waals surface area contributed by atoms with Crippen LogP contribution in [0.1, 0.15) is 44.1 Å². The van der Waals surface area contributed by atoms with Crippen LogP contribution in [0.4, 0.5) is 5.82 Å². The predicted octanol–water partition coefficient (Wildman–Crippen LogP) is 1.69. The van der Waals surface area contributed by atoms with E-state index in [1.54, 1.807) is 6.20 Å². The molecule has 7 heteroatoms. The molecule has 0 aromatic carbocycles. The first-order valence-corrected chi connectivity index (χ1v) is 10.6. The first-order chi connectivity index (χ1) is 13.6. The number of hydrogen-bond acceptors (Lipinski definition) is 5. The maximum atomic E-state index is 12.4. The van der Waals surface area contributed by atoms with E-state index in [-0.39, 0.29) is 24.3 Å². The monoisotopic (exact) mass is 387 g/mol. The largest absolute Gasteiger partial charge is 0.368 e. The van der Waals surface area contributed by atoms with E-state index in [0.29, 0.717) is 25.6 Å². The summed E-state index contributed by atoms with van der Waals surface area (Å²) >= 11 is 0. The molecule has 28 heavy (non-hydrogen) atoms. The zero-order valence-electron chi connectivity index (χ0n) is 16.9. The number of rotatable bonds is 8. The molecule has 1 saturated heterocycles. The Morgan fingerprint density at radius 1 is 1.29 bits per heavy atom. The topological polar surface area (TPSA) is 86.4 Å². The fourth-order valence-corrected chi connectivity index (χ4v) is 4.18. The minimum atomic E-state index is -0.345. The molecule has 2 amide bonds. The fourth-order valence-electron chi connectivity index (χ4n) is 4.18. The normalized spacial score (nSPS) is 21.2. The minimum absolute atomic E-state index is 0.0145. The number of nitrogens with zero attached hydrogens (tertiary/aromatic N) is 2. The number of carbonyl (C=O) groups excluding carboxylic acids is 2. The van der Waals surface area contributed by atoms with Crippen LogP contribution in [0.25, 0.3) is 0 Å². The number of amides is 2. The van der Waals surface area contributed by atoms with Gasteiger partial charge in [0.15, 0.2) is 0 Å². The summed E-state index contributed by atoms with van der Waals surface area (Å²) in [5.74, 6) is 1.38. The van der Waals surface area contributed by atoms with Gasteiger partial charge in [0.1, 0.15) is 5.82 Å². The molecule has 1 aromatic rings. The molecule has 1 aromatic heterocycles. The maximum Gasteiger partial charge on any atom is 0.237 e. The molecule has 2 heterocycles. The lowest BCUT2D eigenvalue weighted by Crippen LogP contribution is -2.57. The van der Waals surface area contributed by atoms with Crippen LogP contribution in [0.5, 0.6) is 0 Å². The Morgan fingerprint density at radius 2 is 2.11 bits per heavy atom. The highest BCUT2D eigenvalue weighted by atomic mass is 16.2. The first-order valence-electron chi connectivity index (χ1n) is 10.6. The number of anilines is 1. The Hall–Kier alpha value is -2.15. The lowest BCUT2D eigenvalue weighted by atomic mass is 9.88. The molecule has 2 fully saturated rings. The molecule has 1 saturated carbocycles. The summed E-state index contributed by atoms with van der Waals surface area (Å²) in [6.45, 7) is 5.57. The average Bonchev–Trinajstić information content (AvgIpc) is 2.69. The van der Waals surface area contributed by atoms with Crippen LogP contribution in [0.3, 0.4) is 0 Å². The summed E-state index contributed by atoms with van der Waals surface area (Å²) < 4.78 is 0. The van der Waals surface area contributed by atoms with Gasteiger partial charge in [0.05, 0.1) is 12.5 Å². The van der Waals surface area contributed by atoms with E-state index in [2.05, 4.69) is 25.8 Å². The molecular formula is C21H33N5O2. The van der Waals surface area contributed by atoms with Gasteiger partial charge in [0, 0.05) is 38.9 Å². The van der Waals surface area contributed by atoms with Crippen molar-refractivity contribution in [3.8, 4) is 0 Å². The van der Waals surface area contributed by atoms with Crippen LogP contribution in [0.15, 0.2) is 18.3 Å². The standard InChI is InChI=1S/C21H33N5O2/c1-16-7-8-22-19(13-16)23-9-10-24-20(27)14-18-21(28)25-11-12-26(18)15-17-5-3-2-4-6-17/h7-8,13,17-18H,2-6,9-12,14-15H2,1H3,(H,22,23)(H,24,27)(H,25,28)/t18-/m0/s1. The van der Waals surface area contributed by atoms with Crippen LogP contribution in [-0.2, 0) is 9.59 Å². The molecule has 0 radical (unpaired) electrons. The van der Waals surface area contributed by atoms with Crippen LogP contribution in [0.2, 0.25) is 0 Å². The van der Waals surface area contributed by atoms with E-state index in [0.717, 1.165) is 24.5 Å². The lowest BCUT2D eigenvalue weighted by molar-refractivity contribution is -0.134. The van der Waals surface area contributed by atoms with E-state index in [9.17, 15) is 9.59 Å². The number of aryl methyl sites for hydroxylation is 1.